The van der Waals surface area contributed by atoms with Gasteiger partial charge in [-0.3, -0.25) is 0 Å². The Labute approximate surface area is 101 Å². The highest BCUT2D eigenvalue weighted by Gasteiger charge is 2.05. The molecule has 0 amide bonds. The van der Waals surface area contributed by atoms with Crippen LogP contribution in [0.15, 0.2) is 42.5 Å². The van der Waals surface area contributed by atoms with Crippen molar-refractivity contribution >= 4 is 0 Å². The smallest absolute Gasteiger partial charge is 0.124 e. The fourth-order valence-electron chi connectivity index (χ4n) is 2.04. The highest BCUT2D eigenvalue weighted by Crippen LogP contribution is 2.25. The molecule has 0 saturated heterocycles. The molecule has 17 heavy (non-hydrogen) atoms. The minimum Gasteiger partial charge on any atom is -0.316 e. The van der Waals surface area contributed by atoms with Gasteiger partial charge in [0.2, 0.25) is 0 Å². The van der Waals surface area contributed by atoms with E-state index in [2.05, 4.69) is 11.4 Å². The van der Waals surface area contributed by atoms with Crippen LogP contribution in [0.2, 0.25) is 0 Å². The Kier molecular flexibility index (Phi) is 3.55. The molecule has 0 bridgehead atoms. The summed E-state index contributed by atoms with van der Waals surface area (Å²) in [6, 6.07) is 13.2. The van der Waals surface area contributed by atoms with Crippen molar-refractivity contribution in [1.29, 1.82) is 0 Å². The number of nitrogens with one attached hydrogen (secondary N) is 1. The van der Waals surface area contributed by atoms with Crippen molar-refractivity contribution in [2.24, 2.45) is 0 Å². The molecule has 0 aliphatic heterocycles. The summed E-state index contributed by atoms with van der Waals surface area (Å²) in [6.45, 7) is 2.69. The van der Waals surface area contributed by atoms with Gasteiger partial charge in [-0.25, -0.2) is 4.39 Å². The highest BCUT2D eigenvalue weighted by atomic mass is 19.1. The lowest BCUT2D eigenvalue weighted by Crippen LogP contribution is -2.06. The van der Waals surface area contributed by atoms with Crippen LogP contribution in [0.1, 0.15) is 11.1 Å². The summed E-state index contributed by atoms with van der Waals surface area (Å²) in [7, 11) is 1.91. The first-order valence-electron chi connectivity index (χ1n) is 5.71. The Morgan fingerprint density at radius 2 is 1.88 bits per heavy atom. The average molecular weight is 229 g/mol. The minimum absolute atomic E-state index is 0.181. The highest BCUT2D eigenvalue weighted by molar-refractivity contribution is 5.68. The zero-order valence-corrected chi connectivity index (χ0v) is 10.1. The first-order valence-corrected chi connectivity index (χ1v) is 5.71. The average Bonchev–Trinajstić information content (AvgIpc) is 2.29. The molecule has 0 heterocycles. The van der Waals surface area contributed by atoms with Crippen molar-refractivity contribution in [3.05, 3.63) is 59.4 Å². The molecule has 0 aliphatic rings. The Balaban J connectivity index is 2.51. The van der Waals surface area contributed by atoms with Gasteiger partial charge in [-0.05, 0) is 48.4 Å². The van der Waals surface area contributed by atoms with Crippen molar-refractivity contribution in [1.82, 2.24) is 5.32 Å². The van der Waals surface area contributed by atoms with Crippen LogP contribution in [0, 0.1) is 12.7 Å². The number of hydrogen-bond donors (Lipinski definition) is 1. The van der Waals surface area contributed by atoms with Gasteiger partial charge in [0.15, 0.2) is 0 Å². The van der Waals surface area contributed by atoms with Crippen molar-refractivity contribution in [3.63, 3.8) is 0 Å². The monoisotopic (exact) mass is 229 g/mol. The van der Waals surface area contributed by atoms with E-state index in [0.717, 1.165) is 23.2 Å². The molecule has 88 valence electrons. The molecule has 0 unspecified atom stereocenters. The summed E-state index contributed by atoms with van der Waals surface area (Å²) in [5.74, 6) is -0.181. The van der Waals surface area contributed by atoms with E-state index >= 15 is 0 Å². The lowest BCUT2D eigenvalue weighted by Gasteiger charge is -2.10. The van der Waals surface area contributed by atoms with Crippen molar-refractivity contribution in [2.75, 3.05) is 7.05 Å². The van der Waals surface area contributed by atoms with Gasteiger partial charge >= 0.3 is 0 Å². The predicted molar refractivity (Wildman–Crippen MR) is 69.3 cm³/mol. The second-order valence-corrected chi connectivity index (χ2v) is 4.20. The zero-order chi connectivity index (χ0) is 12.3. The van der Waals surface area contributed by atoms with Crippen LogP contribution >= 0.6 is 0 Å². The lowest BCUT2D eigenvalue weighted by atomic mass is 9.98. The largest absolute Gasteiger partial charge is 0.316 e. The van der Waals surface area contributed by atoms with Gasteiger partial charge in [-0.2, -0.15) is 0 Å². The van der Waals surface area contributed by atoms with Gasteiger partial charge in [-0.1, -0.05) is 30.3 Å². The third-order valence-corrected chi connectivity index (χ3v) is 2.74. The van der Waals surface area contributed by atoms with E-state index in [4.69, 9.17) is 0 Å². The number of halogens is 1. The maximum absolute atomic E-state index is 13.4. The van der Waals surface area contributed by atoms with E-state index in [1.807, 2.05) is 38.2 Å². The molecule has 1 nitrogen and oxygen atoms in total. The summed E-state index contributed by atoms with van der Waals surface area (Å²) in [4.78, 5) is 0. The standard InChI is InChI=1S/C15H16FN/c1-11-7-13(9-14(16)8-11)15-6-4-3-5-12(15)10-17-2/h3-9,17H,10H2,1-2H3. The molecule has 2 rings (SSSR count). The molecule has 2 aromatic carbocycles. The normalized spacial score (nSPS) is 10.5. The van der Waals surface area contributed by atoms with Gasteiger partial charge < -0.3 is 5.32 Å². The molecule has 2 aromatic rings. The Morgan fingerprint density at radius 3 is 2.59 bits per heavy atom. The zero-order valence-electron chi connectivity index (χ0n) is 10.1. The topological polar surface area (TPSA) is 12.0 Å². The van der Waals surface area contributed by atoms with Gasteiger partial charge in [-0.15, -0.1) is 0 Å². The van der Waals surface area contributed by atoms with E-state index in [9.17, 15) is 4.39 Å². The number of benzene rings is 2. The maximum atomic E-state index is 13.4. The molecule has 0 fully saturated rings. The van der Waals surface area contributed by atoms with Crippen molar-refractivity contribution in [2.45, 2.75) is 13.5 Å². The minimum atomic E-state index is -0.181. The fraction of sp³-hybridized carbons (Fsp3) is 0.200. The second-order valence-electron chi connectivity index (χ2n) is 4.20. The summed E-state index contributed by atoms with van der Waals surface area (Å²) < 4.78 is 13.4. The molecule has 0 spiro atoms. The summed E-state index contributed by atoms with van der Waals surface area (Å²) in [6.07, 6.45) is 0. The maximum Gasteiger partial charge on any atom is 0.124 e. The van der Waals surface area contributed by atoms with Crippen molar-refractivity contribution in [3.8, 4) is 11.1 Å². The second kappa shape index (κ2) is 5.11. The summed E-state index contributed by atoms with van der Waals surface area (Å²) in [5, 5.41) is 3.13. The molecule has 0 saturated carbocycles. The van der Waals surface area contributed by atoms with E-state index in [1.165, 1.54) is 5.56 Å². The van der Waals surface area contributed by atoms with Crippen LogP contribution in [-0.2, 0) is 6.54 Å². The van der Waals surface area contributed by atoms with Gasteiger partial charge in [0.05, 0.1) is 0 Å². The molecule has 0 radical (unpaired) electrons. The van der Waals surface area contributed by atoms with Crippen LogP contribution in [0.25, 0.3) is 11.1 Å². The number of aryl methyl sites for hydroxylation is 1. The van der Waals surface area contributed by atoms with Gasteiger partial charge in [0.1, 0.15) is 5.82 Å². The van der Waals surface area contributed by atoms with E-state index < -0.39 is 0 Å². The third-order valence-electron chi connectivity index (χ3n) is 2.74. The van der Waals surface area contributed by atoms with Crippen LogP contribution in [0.5, 0.6) is 0 Å². The molecule has 0 atom stereocenters. The van der Waals surface area contributed by atoms with Crippen molar-refractivity contribution < 1.29 is 4.39 Å². The van der Waals surface area contributed by atoms with Gasteiger partial charge in [0, 0.05) is 6.54 Å². The first kappa shape index (κ1) is 11.8. The van der Waals surface area contributed by atoms with E-state index in [1.54, 1.807) is 12.1 Å². The first-order chi connectivity index (χ1) is 8.20. The summed E-state index contributed by atoms with van der Waals surface area (Å²) in [5.41, 5.74) is 4.15. The molecule has 1 N–H and O–H groups in total. The van der Waals surface area contributed by atoms with Crippen LogP contribution in [0.3, 0.4) is 0 Å². The molecular formula is C15H16FN. The van der Waals surface area contributed by atoms with Gasteiger partial charge in [0.25, 0.3) is 0 Å². The number of rotatable bonds is 3. The van der Waals surface area contributed by atoms with Crippen LogP contribution < -0.4 is 5.32 Å². The third kappa shape index (κ3) is 2.71. The Bertz CT molecular complexity index is 500. The number of hydrogen-bond acceptors (Lipinski definition) is 1. The molecule has 0 aliphatic carbocycles. The predicted octanol–water partition coefficient (Wildman–Crippen LogP) is 3.52. The molecular weight excluding hydrogens is 213 g/mol. The SMILES string of the molecule is CNCc1ccccc1-c1cc(C)cc(F)c1. The quantitative estimate of drug-likeness (QED) is 0.849. The molecule has 0 aromatic heterocycles. The lowest BCUT2D eigenvalue weighted by molar-refractivity contribution is 0.627. The molecule has 2 heteroatoms. The van der Waals surface area contributed by atoms with E-state index in [0.29, 0.717) is 0 Å². The Morgan fingerprint density at radius 1 is 1.12 bits per heavy atom. The fourth-order valence-corrected chi connectivity index (χ4v) is 2.04. The summed E-state index contributed by atoms with van der Waals surface area (Å²) >= 11 is 0. The van der Waals surface area contributed by atoms with Crippen LogP contribution in [0.4, 0.5) is 4.39 Å². The Hall–Kier alpha value is -1.67. The van der Waals surface area contributed by atoms with Crippen LogP contribution in [-0.4, -0.2) is 7.05 Å². The van der Waals surface area contributed by atoms with E-state index in [-0.39, 0.29) is 5.82 Å².